The van der Waals surface area contributed by atoms with E-state index in [0.29, 0.717) is 18.2 Å². The molecule has 0 saturated carbocycles. The van der Waals surface area contributed by atoms with Gasteiger partial charge in [0.1, 0.15) is 18.0 Å². The summed E-state index contributed by atoms with van der Waals surface area (Å²) in [6.07, 6.45) is 2.78. The molecule has 2 aromatic rings. The first kappa shape index (κ1) is 14.4. The quantitative estimate of drug-likeness (QED) is 0.722. The van der Waals surface area contributed by atoms with Crippen molar-refractivity contribution in [3.8, 4) is 0 Å². The number of rotatable bonds is 6. The minimum Gasteiger partial charge on any atom is -0.370 e. The molecular weight excluding hydrogens is 280 g/mol. The first-order valence-corrected chi connectivity index (χ1v) is 7.58. The molecule has 0 aliphatic carbocycles. The summed E-state index contributed by atoms with van der Waals surface area (Å²) in [6.45, 7) is 4.26. The van der Waals surface area contributed by atoms with Crippen LogP contribution in [0.5, 0.6) is 0 Å². The fourth-order valence-corrected chi connectivity index (χ4v) is 2.86. The smallest absolute Gasteiger partial charge is 0.241 e. The number of nitrogens with zero attached hydrogens (tertiary/aromatic N) is 3. The number of pyridine rings is 1. The molecule has 1 unspecified atom stereocenters. The van der Waals surface area contributed by atoms with Gasteiger partial charge in [0, 0.05) is 18.8 Å². The highest BCUT2D eigenvalue weighted by Crippen LogP contribution is 2.15. The number of hydrogen-bond acceptors (Lipinski definition) is 6. The van der Waals surface area contributed by atoms with Crippen LogP contribution in [0, 0.1) is 0 Å². The summed E-state index contributed by atoms with van der Waals surface area (Å²) in [5.41, 5.74) is 0. The van der Waals surface area contributed by atoms with E-state index in [9.17, 15) is 8.42 Å². The van der Waals surface area contributed by atoms with E-state index in [1.54, 1.807) is 6.92 Å². The van der Waals surface area contributed by atoms with E-state index >= 15 is 0 Å². The molecule has 0 radical (unpaired) electrons. The van der Waals surface area contributed by atoms with Crippen LogP contribution in [-0.4, -0.2) is 35.1 Å². The molecule has 2 rings (SSSR count). The Morgan fingerprint density at radius 2 is 2.20 bits per heavy atom. The summed E-state index contributed by atoms with van der Waals surface area (Å²) in [4.78, 5) is 8.11. The summed E-state index contributed by atoms with van der Waals surface area (Å²) in [5, 5.41) is 9.29. The minimum atomic E-state index is -3.64. The molecule has 2 aromatic heterocycles. The highest BCUT2D eigenvalue weighted by molar-refractivity contribution is 7.89. The van der Waals surface area contributed by atoms with Gasteiger partial charge >= 0.3 is 0 Å². The van der Waals surface area contributed by atoms with E-state index in [2.05, 4.69) is 30.2 Å². The number of anilines is 1. The number of aromatic nitrogens is 4. The fraction of sp³-hybridized carbons (Fsp3) is 0.364. The molecule has 0 aliphatic rings. The Hall–Kier alpha value is -2.00. The monoisotopic (exact) mass is 296 g/mol. The molecule has 8 nitrogen and oxygen atoms in total. The summed E-state index contributed by atoms with van der Waals surface area (Å²) < 4.78 is 27.1. The maximum absolute atomic E-state index is 12.3. The summed E-state index contributed by atoms with van der Waals surface area (Å²) in [6, 6.07) is 2.42. The second kappa shape index (κ2) is 5.97. The minimum absolute atomic E-state index is 0.148. The zero-order valence-corrected chi connectivity index (χ0v) is 12.0. The lowest BCUT2D eigenvalue weighted by molar-refractivity contribution is 0.560. The van der Waals surface area contributed by atoms with Crippen LogP contribution in [0.3, 0.4) is 0 Å². The van der Waals surface area contributed by atoms with Gasteiger partial charge in [0.05, 0.1) is 10.9 Å². The third kappa shape index (κ3) is 3.31. The summed E-state index contributed by atoms with van der Waals surface area (Å²) in [7, 11) is -3.64. The molecule has 20 heavy (non-hydrogen) atoms. The largest absolute Gasteiger partial charge is 0.370 e. The Morgan fingerprint density at radius 1 is 1.40 bits per heavy atom. The molecule has 1 atom stereocenters. The average molecular weight is 296 g/mol. The Morgan fingerprint density at radius 3 is 2.85 bits per heavy atom. The first-order valence-electron chi connectivity index (χ1n) is 6.10. The third-order valence-corrected chi connectivity index (χ3v) is 4.11. The van der Waals surface area contributed by atoms with Crippen molar-refractivity contribution in [3.05, 3.63) is 30.5 Å². The molecule has 0 saturated heterocycles. The second-order valence-electron chi connectivity index (χ2n) is 4.12. The Kier molecular flexibility index (Phi) is 4.30. The van der Waals surface area contributed by atoms with Crippen molar-refractivity contribution in [2.24, 2.45) is 0 Å². The van der Waals surface area contributed by atoms with Gasteiger partial charge in [-0.05, 0) is 19.9 Å². The van der Waals surface area contributed by atoms with Crippen LogP contribution in [0.4, 0.5) is 5.82 Å². The second-order valence-corrected chi connectivity index (χ2v) is 5.83. The van der Waals surface area contributed by atoms with Crippen molar-refractivity contribution in [2.45, 2.75) is 24.8 Å². The Balaban J connectivity index is 2.20. The Bertz CT molecular complexity index is 655. The molecule has 0 amide bonds. The molecule has 3 N–H and O–H groups in total. The van der Waals surface area contributed by atoms with Gasteiger partial charge in [-0.25, -0.2) is 23.1 Å². The van der Waals surface area contributed by atoms with Crippen LogP contribution in [-0.2, 0) is 10.0 Å². The van der Waals surface area contributed by atoms with Gasteiger partial charge in [-0.3, -0.25) is 5.10 Å². The van der Waals surface area contributed by atoms with E-state index in [1.807, 2.05) is 6.92 Å². The Labute approximate surface area is 117 Å². The molecule has 9 heteroatoms. The van der Waals surface area contributed by atoms with Crippen LogP contribution < -0.4 is 10.0 Å². The van der Waals surface area contributed by atoms with Crippen molar-refractivity contribution < 1.29 is 8.42 Å². The van der Waals surface area contributed by atoms with Gasteiger partial charge in [0.25, 0.3) is 0 Å². The molecule has 108 valence electrons. The van der Waals surface area contributed by atoms with Crippen LogP contribution >= 0.6 is 0 Å². The van der Waals surface area contributed by atoms with Crippen LogP contribution in [0.1, 0.15) is 25.7 Å². The van der Waals surface area contributed by atoms with Gasteiger partial charge in [-0.2, -0.15) is 5.10 Å². The lowest BCUT2D eigenvalue weighted by Crippen LogP contribution is -2.27. The predicted octanol–water partition coefficient (Wildman–Crippen LogP) is 0.671. The number of sulfonamides is 1. The van der Waals surface area contributed by atoms with Crippen LogP contribution in [0.2, 0.25) is 0 Å². The van der Waals surface area contributed by atoms with Crippen molar-refractivity contribution in [3.63, 3.8) is 0 Å². The molecule has 2 heterocycles. The first-order chi connectivity index (χ1) is 9.53. The lowest BCUT2D eigenvalue weighted by atomic mass is 10.3. The fourth-order valence-electron chi connectivity index (χ4n) is 1.64. The number of nitrogens with one attached hydrogen (secondary N) is 3. The average Bonchev–Trinajstić information content (AvgIpc) is 2.93. The van der Waals surface area contributed by atoms with E-state index in [-0.39, 0.29) is 4.90 Å². The molecular formula is C11H16N6O2S. The van der Waals surface area contributed by atoms with Crippen LogP contribution in [0.15, 0.2) is 29.6 Å². The molecule has 0 aliphatic heterocycles. The van der Waals surface area contributed by atoms with E-state index in [4.69, 9.17) is 0 Å². The third-order valence-electron chi connectivity index (χ3n) is 2.58. The normalized spacial score (nSPS) is 13.1. The maximum atomic E-state index is 12.3. The van der Waals surface area contributed by atoms with Gasteiger partial charge in [0.15, 0.2) is 0 Å². The number of hydrogen-bond donors (Lipinski definition) is 3. The number of H-pyrrole nitrogens is 1. The van der Waals surface area contributed by atoms with E-state index in [1.165, 1.54) is 24.7 Å². The summed E-state index contributed by atoms with van der Waals surface area (Å²) >= 11 is 0. The number of aromatic amines is 1. The highest BCUT2D eigenvalue weighted by atomic mass is 32.2. The lowest BCUT2D eigenvalue weighted by Gasteiger charge is -2.12. The molecule has 0 bridgehead atoms. The van der Waals surface area contributed by atoms with Crippen LogP contribution in [0.25, 0.3) is 0 Å². The standard InChI is InChI=1S/C11H16N6O2S/c1-3-12-10-6-9(4-5-13-10)20(18,19)17-8(2)11-14-7-15-16-11/h4-8,17H,3H2,1-2H3,(H,12,13)(H,14,15,16). The SMILES string of the molecule is CCNc1cc(S(=O)(=O)NC(C)c2ncn[nH]2)ccn1. The molecule has 0 aromatic carbocycles. The van der Waals surface area contributed by atoms with Gasteiger partial charge in [0.2, 0.25) is 10.0 Å². The van der Waals surface area contributed by atoms with Crippen molar-refractivity contribution in [1.29, 1.82) is 0 Å². The van der Waals surface area contributed by atoms with Crippen molar-refractivity contribution >= 4 is 15.8 Å². The molecule has 0 fully saturated rings. The topological polar surface area (TPSA) is 113 Å². The van der Waals surface area contributed by atoms with Gasteiger partial charge < -0.3 is 5.32 Å². The molecule has 0 spiro atoms. The maximum Gasteiger partial charge on any atom is 0.241 e. The van der Waals surface area contributed by atoms with Crippen molar-refractivity contribution in [1.82, 2.24) is 24.9 Å². The van der Waals surface area contributed by atoms with Gasteiger partial charge in [-0.1, -0.05) is 0 Å². The van der Waals surface area contributed by atoms with Gasteiger partial charge in [-0.15, -0.1) is 0 Å². The summed E-state index contributed by atoms with van der Waals surface area (Å²) in [5.74, 6) is 0.970. The van der Waals surface area contributed by atoms with E-state index in [0.717, 1.165) is 0 Å². The van der Waals surface area contributed by atoms with E-state index < -0.39 is 16.1 Å². The van der Waals surface area contributed by atoms with Crippen molar-refractivity contribution in [2.75, 3.05) is 11.9 Å². The zero-order valence-electron chi connectivity index (χ0n) is 11.2. The highest BCUT2D eigenvalue weighted by Gasteiger charge is 2.20. The zero-order chi connectivity index (χ0) is 14.6. The predicted molar refractivity (Wildman–Crippen MR) is 73.5 cm³/mol.